The van der Waals surface area contributed by atoms with E-state index in [4.69, 9.17) is 0 Å². The molecular formula is C28H30N4O2S3. The molecule has 0 aliphatic rings. The standard InChI is InChI=1S/C28H30N4O2S3/c1-17-5-7-21(19(3)13-17)23-15-36-27(29-23)31-25(33)9-11-35-12-10-26(34)32-28-30-24(16-37-28)22-8-6-18(2)14-20(22)4/h5-8,13-16H,9-12H2,1-4H3,(H,29,31,33)(H,30,32,34). The Balaban J connectivity index is 1.16. The summed E-state index contributed by atoms with van der Waals surface area (Å²) in [4.78, 5) is 33.8. The third kappa shape index (κ3) is 7.50. The van der Waals surface area contributed by atoms with Crippen LogP contribution in [-0.4, -0.2) is 33.3 Å². The molecule has 0 aliphatic carbocycles. The van der Waals surface area contributed by atoms with Gasteiger partial charge in [0.2, 0.25) is 11.8 Å². The van der Waals surface area contributed by atoms with Crippen LogP contribution in [0.2, 0.25) is 0 Å². The summed E-state index contributed by atoms with van der Waals surface area (Å²) in [5, 5.41) is 10.9. The maximum Gasteiger partial charge on any atom is 0.226 e. The van der Waals surface area contributed by atoms with Gasteiger partial charge < -0.3 is 10.6 Å². The van der Waals surface area contributed by atoms with Crippen molar-refractivity contribution in [1.29, 1.82) is 0 Å². The molecular weight excluding hydrogens is 521 g/mol. The fourth-order valence-electron chi connectivity index (χ4n) is 3.91. The first-order valence-corrected chi connectivity index (χ1v) is 14.9. The summed E-state index contributed by atoms with van der Waals surface area (Å²) in [6.45, 7) is 8.27. The Kier molecular flexibility index (Phi) is 9.13. The van der Waals surface area contributed by atoms with Crippen LogP contribution < -0.4 is 10.6 Å². The third-order valence-corrected chi connectivity index (χ3v) is 8.26. The summed E-state index contributed by atoms with van der Waals surface area (Å²) in [5.41, 5.74) is 8.67. The molecule has 4 aromatic rings. The van der Waals surface area contributed by atoms with Crippen molar-refractivity contribution < 1.29 is 9.59 Å². The smallest absolute Gasteiger partial charge is 0.226 e. The average Bonchev–Trinajstić information content (AvgIpc) is 3.48. The highest BCUT2D eigenvalue weighted by atomic mass is 32.2. The van der Waals surface area contributed by atoms with Gasteiger partial charge in [0.25, 0.3) is 0 Å². The van der Waals surface area contributed by atoms with E-state index in [2.05, 4.69) is 84.7 Å². The number of thioether (sulfide) groups is 1. The summed E-state index contributed by atoms with van der Waals surface area (Å²) in [5.74, 6) is 1.14. The number of hydrogen-bond donors (Lipinski definition) is 2. The van der Waals surface area contributed by atoms with Crippen LogP contribution in [0.5, 0.6) is 0 Å². The van der Waals surface area contributed by atoms with Crippen molar-refractivity contribution in [3.63, 3.8) is 0 Å². The number of amides is 2. The first-order chi connectivity index (χ1) is 17.8. The van der Waals surface area contributed by atoms with Gasteiger partial charge in [0, 0.05) is 46.2 Å². The number of benzene rings is 2. The lowest BCUT2D eigenvalue weighted by Gasteiger charge is -2.05. The number of carbonyl (C=O) groups excluding carboxylic acids is 2. The van der Waals surface area contributed by atoms with Crippen LogP contribution in [-0.2, 0) is 9.59 Å². The van der Waals surface area contributed by atoms with Crippen molar-refractivity contribution in [2.24, 2.45) is 0 Å². The molecule has 9 heteroatoms. The number of nitrogens with zero attached hydrogens (tertiary/aromatic N) is 2. The van der Waals surface area contributed by atoms with Gasteiger partial charge in [0.15, 0.2) is 10.3 Å². The van der Waals surface area contributed by atoms with Crippen LogP contribution in [0.15, 0.2) is 47.2 Å². The average molecular weight is 551 g/mol. The van der Waals surface area contributed by atoms with E-state index in [-0.39, 0.29) is 11.8 Å². The van der Waals surface area contributed by atoms with Crippen LogP contribution in [0.3, 0.4) is 0 Å². The molecule has 0 aliphatic heterocycles. The van der Waals surface area contributed by atoms with Crippen LogP contribution in [0.4, 0.5) is 10.3 Å². The number of rotatable bonds is 10. The van der Waals surface area contributed by atoms with Crippen molar-refractivity contribution in [2.75, 3.05) is 22.1 Å². The van der Waals surface area contributed by atoms with Gasteiger partial charge in [-0.05, 0) is 38.8 Å². The second kappa shape index (κ2) is 12.5. The number of anilines is 2. The number of nitrogens with one attached hydrogen (secondary N) is 2. The number of aryl methyl sites for hydroxylation is 4. The predicted octanol–water partition coefficient (Wildman–Crippen LogP) is 7.26. The molecule has 0 atom stereocenters. The van der Waals surface area contributed by atoms with Gasteiger partial charge in [0.1, 0.15) is 0 Å². The largest absolute Gasteiger partial charge is 0.302 e. The number of carbonyl (C=O) groups is 2. The lowest BCUT2D eigenvalue weighted by Crippen LogP contribution is -2.13. The molecule has 2 amide bonds. The van der Waals surface area contributed by atoms with E-state index in [1.807, 2.05) is 10.8 Å². The van der Waals surface area contributed by atoms with Gasteiger partial charge in [-0.3, -0.25) is 9.59 Å². The molecule has 0 radical (unpaired) electrons. The highest BCUT2D eigenvalue weighted by molar-refractivity contribution is 7.99. The summed E-state index contributed by atoms with van der Waals surface area (Å²) in [6.07, 6.45) is 0.743. The van der Waals surface area contributed by atoms with Crippen LogP contribution in [0.25, 0.3) is 22.5 Å². The van der Waals surface area contributed by atoms with Crippen LogP contribution in [0, 0.1) is 27.7 Å². The van der Waals surface area contributed by atoms with Gasteiger partial charge >= 0.3 is 0 Å². The van der Waals surface area contributed by atoms with Crippen molar-refractivity contribution in [3.8, 4) is 22.5 Å². The quantitative estimate of drug-likeness (QED) is 0.203. The minimum atomic E-state index is -0.0693. The molecule has 0 fully saturated rings. The van der Waals surface area contributed by atoms with Gasteiger partial charge in [-0.15, -0.1) is 22.7 Å². The highest BCUT2D eigenvalue weighted by Crippen LogP contribution is 2.29. The molecule has 0 spiro atoms. The molecule has 0 saturated carbocycles. The Morgan fingerprint density at radius 3 is 1.57 bits per heavy atom. The molecule has 0 saturated heterocycles. The summed E-state index contributed by atoms with van der Waals surface area (Å²) >= 11 is 4.44. The topological polar surface area (TPSA) is 84.0 Å². The summed E-state index contributed by atoms with van der Waals surface area (Å²) < 4.78 is 0. The van der Waals surface area contributed by atoms with E-state index in [0.717, 1.165) is 22.5 Å². The molecule has 6 nitrogen and oxygen atoms in total. The number of hydrogen-bond acceptors (Lipinski definition) is 7. The highest BCUT2D eigenvalue weighted by Gasteiger charge is 2.12. The fourth-order valence-corrected chi connectivity index (χ4v) is 6.22. The predicted molar refractivity (Wildman–Crippen MR) is 158 cm³/mol. The molecule has 2 aromatic heterocycles. The Hall–Kier alpha value is -3.01. The van der Waals surface area contributed by atoms with E-state index in [1.54, 1.807) is 11.8 Å². The first kappa shape index (κ1) is 27.0. The maximum atomic E-state index is 12.3. The molecule has 4 rings (SSSR count). The SMILES string of the molecule is Cc1ccc(-c2csc(NC(=O)CCSCCC(=O)Nc3nc(-c4ccc(C)cc4C)cs3)n2)c(C)c1. The lowest BCUT2D eigenvalue weighted by molar-refractivity contribution is -0.116. The molecule has 0 unspecified atom stereocenters. The maximum absolute atomic E-state index is 12.3. The molecule has 2 aromatic carbocycles. The van der Waals surface area contributed by atoms with E-state index >= 15 is 0 Å². The minimum absolute atomic E-state index is 0.0693. The Morgan fingerprint density at radius 2 is 1.16 bits per heavy atom. The van der Waals surface area contributed by atoms with E-state index < -0.39 is 0 Å². The molecule has 2 heterocycles. The van der Waals surface area contributed by atoms with Gasteiger partial charge in [-0.1, -0.05) is 47.5 Å². The molecule has 192 valence electrons. The number of thiazole rings is 2. The van der Waals surface area contributed by atoms with E-state index in [1.165, 1.54) is 44.9 Å². The summed E-state index contributed by atoms with van der Waals surface area (Å²) in [6, 6.07) is 12.5. The Bertz CT molecular complexity index is 1300. The van der Waals surface area contributed by atoms with Crippen molar-refractivity contribution >= 4 is 56.5 Å². The molecule has 0 bridgehead atoms. The first-order valence-electron chi connectivity index (χ1n) is 12.0. The third-order valence-electron chi connectivity index (χ3n) is 5.76. The second-order valence-electron chi connectivity index (χ2n) is 8.92. The fraction of sp³-hybridized carbons (Fsp3) is 0.286. The van der Waals surface area contributed by atoms with Gasteiger partial charge in [-0.2, -0.15) is 11.8 Å². The van der Waals surface area contributed by atoms with E-state index in [0.29, 0.717) is 34.6 Å². The zero-order valence-electron chi connectivity index (χ0n) is 21.4. The zero-order chi connectivity index (χ0) is 26.4. The van der Waals surface area contributed by atoms with Crippen LogP contribution in [0.1, 0.15) is 35.1 Å². The van der Waals surface area contributed by atoms with Gasteiger partial charge in [0.05, 0.1) is 11.4 Å². The second-order valence-corrected chi connectivity index (χ2v) is 11.9. The zero-order valence-corrected chi connectivity index (χ0v) is 23.8. The lowest BCUT2D eigenvalue weighted by atomic mass is 10.0. The summed E-state index contributed by atoms with van der Waals surface area (Å²) in [7, 11) is 0. The van der Waals surface area contributed by atoms with Crippen LogP contribution >= 0.6 is 34.4 Å². The normalized spacial score (nSPS) is 10.9. The Morgan fingerprint density at radius 1 is 0.730 bits per heavy atom. The van der Waals surface area contributed by atoms with E-state index in [9.17, 15) is 9.59 Å². The monoisotopic (exact) mass is 550 g/mol. The van der Waals surface area contributed by atoms with Crippen molar-refractivity contribution in [3.05, 3.63) is 69.4 Å². The van der Waals surface area contributed by atoms with Crippen molar-refractivity contribution in [1.82, 2.24) is 9.97 Å². The number of aromatic nitrogens is 2. The molecule has 2 N–H and O–H groups in total. The van der Waals surface area contributed by atoms with Crippen molar-refractivity contribution in [2.45, 2.75) is 40.5 Å². The van der Waals surface area contributed by atoms with Gasteiger partial charge in [-0.25, -0.2) is 9.97 Å². The Labute approximate surface area is 230 Å². The minimum Gasteiger partial charge on any atom is -0.302 e. The molecule has 37 heavy (non-hydrogen) atoms.